The second-order valence-corrected chi connectivity index (χ2v) is 13.1. The molecule has 3 aromatic carbocycles. The Morgan fingerprint density at radius 3 is 2.31 bits per heavy atom. The van der Waals surface area contributed by atoms with Gasteiger partial charge in [-0.2, -0.15) is 0 Å². The Hall–Kier alpha value is -3.15. The maximum absolute atomic E-state index is 14.0. The molecule has 2 aliphatic rings. The molecule has 0 bridgehead atoms. The Kier molecular flexibility index (Phi) is 8.82. The molecule has 1 unspecified atom stereocenters. The third kappa shape index (κ3) is 5.49. The van der Waals surface area contributed by atoms with Crippen LogP contribution in [0, 0.1) is 0 Å². The molecule has 0 radical (unpaired) electrons. The van der Waals surface area contributed by atoms with Crippen LogP contribution in [0.5, 0.6) is 0 Å². The second-order valence-electron chi connectivity index (χ2n) is 10.3. The third-order valence-electron chi connectivity index (χ3n) is 7.84. The molecule has 0 aromatic heterocycles. The first kappa shape index (κ1) is 30.3. The topological polar surface area (TPSA) is 120 Å². The predicted octanol–water partition coefficient (Wildman–Crippen LogP) is 5.24. The second kappa shape index (κ2) is 12.2. The lowest BCUT2D eigenvalue weighted by Crippen LogP contribution is -2.55. The standard InChI is InChI=1S/C30H33Cl2N5O4S/c1-3-37(4-2)29(39)34-20-9-11-22(12-10-20)42(40,41)26-18-19(31)17-24-27(26)35-28(38)30(24,23-7-5-6-8-25(23)32)36-21-13-15-33-16-14-21/h5-12,17-18,21,33,36H,3-4,13-16H2,1-2H3,(H,34,39)(H,35,38). The van der Waals surface area contributed by atoms with Gasteiger partial charge in [0.25, 0.3) is 5.91 Å². The quantitative estimate of drug-likeness (QED) is 0.271. The van der Waals surface area contributed by atoms with Gasteiger partial charge < -0.3 is 20.9 Å². The molecule has 2 aliphatic heterocycles. The summed E-state index contributed by atoms with van der Waals surface area (Å²) in [5.74, 6) is -0.433. The molecule has 0 aliphatic carbocycles. The van der Waals surface area contributed by atoms with Crippen molar-refractivity contribution in [3.05, 3.63) is 81.8 Å². The van der Waals surface area contributed by atoms with E-state index in [0.29, 0.717) is 34.9 Å². The number of nitrogens with zero attached hydrogens (tertiary/aromatic N) is 1. The Morgan fingerprint density at radius 2 is 1.67 bits per heavy atom. The first-order valence-electron chi connectivity index (χ1n) is 13.9. The zero-order chi connectivity index (χ0) is 30.1. The molecular weight excluding hydrogens is 597 g/mol. The fourth-order valence-electron chi connectivity index (χ4n) is 5.63. The van der Waals surface area contributed by atoms with Crippen LogP contribution in [-0.4, -0.2) is 57.5 Å². The molecule has 0 spiro atoms. The molecule has 9 nitrogen and oxygen atoms in total. The molecule has 3 amide bonds. The van der Waals surface area contributed by atoms with Gasteiger partial charge >= 0.3 is 6.03 Å². The largest absolute Gasteiger partial charge is 0.325 e. The molecule has 1 saturated heterocycles. The summed E-state index contributed by atoms with van der Waals surface area (Å²) < 4.78 is 28.1. The van der Waals surface area contributed by atoms with E-state index in [1.165, 1.54) is 30.3 Å². The van der Waals surface area contributed by atoms with Crippen molar-refractivity contribution in [1.82, 2.24) is 15.5 Å². The van der Waals surface area contributed by atoms with Crippen LogP contribution in [0.2, 0.25) is 10.0 Å². The first-order valence-corrected chi connectivity index (χ1v) is 16.2. The van der Waals surface area contributed by atoms with Crippen molar-refractivity contribution >= 4 is 56.4 Å². The van der Waals surface area contributed by atoms with E-state index in [9.17, 15) is 18.0 Å². The average molecular weight is 631 g/mol. The van der Waals surface area contributed by atoms with Crippen LogP contribution in [0.25, 0.3) is 0 Å². The van der Waals surface area contributed by atoms with Gasteiger partial charge in [0, 0.05) is 46.0 Å². The Labute approximate surface area is 255 Å². The Balaban J connectivity index is 1.58. The maximum Gasteiger partial charge on any atom is 0.321 e. The molecule has 42 heavy (non-hydrogen) atoms. The van der Waals surface area contributed by atoms with Gasteiger partial charge in [0.15, 0.2) is 5.54 Å². The minimum absolute atomic E-state index is 0.0105. The number of benzene rings is 3. The van der Waals surface area contributed by atoms with Crippen LogP contribution >= 0.6 is 23.2 Å². The number of sulfone groups is 1. The lowest BCUT2D eigenvalue weighted by Gasteiger charge is -2.36. The highest BCUT2D eigenvalue weighted by Crippen LogP contribution is 2.48. The lowest BCUT2D eigenvalue weighted by atomic mass is 9.82. The molecule has 1 fully saturated rings. The van der Waals surface area contributed by atoms with E-state index in [4.69, 9.17) is 23.2 Å². The minimum atomic E-state index is -4.15. The highest BCUT2D eigenvalue weighted by Gasteiger charge is 2.52. The van der Waals surface area contributed by atoms with E-state index in [-0.39, 0.29) is 32.6 Å². The van der Waals surface area contributed by atoms with Crippen LogP contribution in [-0.2, 0) is 20.2 Å². The van der Waals surface area contributed by atoms with Crippen molar-refractivity contribution in [2.24, 2.45) is 0 Å². The average Bonchev–Trinajstić information content (AvgIpc) is 3.25. The minimum Gasteiger partial charge on any atom is -0.325 e. The molecule has 222 valence electrons. The highest BCUT2D eigenvalue weighted by atomic mass is 35.5. The smallest absolute Gasteiger partial charge is 0.321 e. The molecule has 4 N–H and O–H groups in total. The van der Waals surface area contributed by atoms with Crippen LogP contribution in [0.15, 0.2) is 70.5 Å². The number of nitrogens with one attached hydrogen (secondary N) is 4. The van der Waals surface area contributed by atoms with Crippen LogP contribution in [0.3, 0.4) is 0 Å². The number of piperidine rings is 1. The highest BCUT2D eigenvalue weighted by molar-refractivity contribution is 7.91. The van der Waals surface area contributed by atoms with Gasteiger partial charge in [0.1, 0.15) is 0 Å². The van der Waals surface area contributed by atoms with Gasteiger partial charge in [0.2, 0.25) is 9.84 Å². The van der Waals surface area contributed by atoms with Crippen LogP contribution in [0.1, 0.15) is 37.8 Å². The zero-order valence-corrected chi connectivity index (χ0v) is 25.7. The third-order valence-corrected chi connectivity index (χ3v) is 10.2. The van der Waals surface area contributed by atoms with E-state index >= 15 is 0 Å². The summed E-state index contributed by atoms with van der Waals surface area (Å²) >= 11 is 13.3. The van der Waals surface area contributed by atoms with E-state index in [1.54, 1.807) is 35.2 Å². The first-order chi connectivity index (χ1) is 20.1. The van der Waals surface area contributed by atoms with Crippen molar-refractivity contribution in [2.75, 3.05) is 36.8 Å². The van der Waals surface area contributed by atoms with Crippen LogP contribution in [0.4, 0.5) is 16.2 Å². The molecule has 12 heteroatoms. The van der Waals surface area contributed by atoms with E-state index in [1.807, 2.05) is 13.8 Å². The van der Waals surface area contributed by atoms with Crippen molar-refractivity contribution in [3.63, 3.8) is 0 Å². The summed E-state index contributed by atoms with van der Waals surface area (Å²) in [6.07, 6.45) is 1.55. The number of amides is 3. The number of hydrogen-bond acceptors (Lipinski definition) is 6. The molecule has 2 heterocycles. The molecule has 1 atom stereocenters. The number of halogens is 2. The maximum atomic E-state index is 14.0. The van der Waals surface area contributed by atoms with Gasteiger partial charge in [-0.05, 0) is 82.2 Å². The summed E-state index contributed by atoms with van der Waals surface area (Å²) in [6, 6.07) is 15.6. The van der Waals surface area contributed by atoms with Gasteiger partial charge in [-0.15, -0.1) is 0 Å². The number of anilines is 2. The van der Waals surface area contributed by atoms with E-state index in [0.717, 1.165) is 25.9 Å². The van der Waals surface area contributed by atoms with E-state index in [2.05, 4.69) is 21.3 Å². The number of carbonyl (C=O) groups excluding carboxylic acids is 2. The normalized spacial score (nSPS) is 18.8. The van der Waals surface area contributed by atoms with Crippen molar-refractivity contribution in [2.45, 2.75) is 48.1 Å². The van der Waals surface area contributed by atoms with Crippen molar-refractivity contribution in [3.8, 4) is 0 Å². The summed E-state index contributed by atoms with van der Waals surface area (Å²) in [7, 11) is -4.15. The van der Waals surface area contributed by atoms with Gasteiger partial charge in [-0.3, -0.25) is 10.1 Å². The number of fused-ring (bicyclic) bond motifs is 1. The molecule has 0 saturated carbocycles. The van der Waals surface area contributed by atoms with Crippen LogP contribution < -0.4 is 21.3 Å². The van der Waals surface area contributed by atoms with Crippen molar-refractivity contribution in [1.29, 1.82) is 0 Å². The van der Waals surface area contributed by atoms with Gasteiger partial charge in [-0.1, -0.05) is 41.4 Å². The summed E-state index contributed by atoms with van der Waals surface area (Å²) in [5.41, 5.74) is 0.0707. The van der Waals surface area contributed by atoms with Gasteiger partial charge in [-0.25, -0.2) is 13.2 Å². The molecular formula is C30H33Cl2N5O4S. The van der Waals surface area contributed by atoms with Crippen molar-refractivity contribution < 1.29 is 18.0 Å². The zero-order valence-electron chi connectivity index (χ0n) is 23.3. The predicted molar refractivity (Wildman–Crippen MR) is 165 cm³/mol. The number of carbonyl (C=O) groups is 2. The SMILES string of the molecule is CCN(CC)C(=O)Nc1ccc(S(=O)(=O)c2cc(Cl)cc3c2NC(=O)C3(NC2CCNCC2)c2ccccc2Cl)cc1. The van der Waals surface area contributed by atoms with Gasteiger partial charge in [0.05, 0.1) is 15.5 Å². The molecule has 5 rings (SSSR count). The monoisotopic (exact) mass is 629 g/mol. The fraction of sp³-hybridized carbons (Fsp3) is 0.333. The fourth-order valence-corrected chi connectivity index (χ4v) is 7.65. The van der Waals surface area contributed by atoms with E-state index < -0.39 is 21.3 Å². The Bertz CT molecular complexity index is 1610. The summed E-state index contributed by atoms with van der Waals surface area (Å²) in [4.78, 5) is 28.0. The number of rotatable bonds is 8. The number of urea groups is 1. The molecule has 3 aromatic rings. The Morgan fingerprint density at radius 1 is 1.00 bits per heavy atom. The number of hydrogen-bond donors (Lipinski definition) is 4. The summed E-state index contributed by atoms with van der Waals surface area (Å²) in [6.45, 7) is 6.41. The lowest BCUT2D eigenvalue weighted by molar-refractivity contribution is -0.120. The summed E-state index contributed by atoms with van der Waals surface area (Å²) in [5, 5.41) is 13.0.